The van der Waals surface area contributed by atoms with Crippen LogP contribution < -0.4 is 5.32 Å². The van der Waals surface area contributed by atoms with Gasteiger partial charge in [-0.15, -0.1) is 10.2 Å². The van der Waals surface area contributed by atoms with Gasteiger partial charge in [0, 0.05) is 24.4 Å². The fourth-order valence-corrected chi connectivity index (χ4v) is 3.17. The highest BCUT2D eigenvalue weighted by molar-refractivity contribution is 7.16. The first-order valence-electron chi connectivity index (χ1n) is 7.40. The molecule has 0 radical (unpaired) electrons. The van der Waals surface area contributed by atoms with Gasteiger partial charge in [0.05, 0.1) is 5.02 Å². The largest absolute Gasteiger partial charge is 0.326 e. The number of benzene rings is 1. The number of aryl methyl sites for hydroxylation is 1. The average molecular weight is 368 g/mol. The SMILES string of the molecule is CC(C)c1nnc2sc(CCC(=O)Nc3ccc(F)c(Cl)c3)nn12. The third-order valence-electron chi connectivity index (χ3n) is 3.34. The van der Waals surface area contributed by atoms with E-state index in [0.29, 0.717) is 12.1 Å². The molecule has 0 unspecified atom stereocenters. The van der Waals surface area contributed by atoms with Crippen molar-refractivity contribution >= 4 is 39.5 Å². The monoisotopic (exact) mass is 367 g/mol. The van der Waals surface area contributed by atoms with E-state index >= 15 is 0 Å². The standard InChI is InChI=1S/C15H15ClFN5OS/c1-8(2)14-19-20-15-22(14)21-13(24-15)6-5-12(23)18-9-3-4-11(17)10(16)7-9/h3-4,7-8H,5-6H2,1-2H3,(H,18,23). The smallest absolute Gasteiger partial charge is 0.234 e. The summed E-state index contributed by atoms with van der Waals surface area (Å²) in [5.41, 5.74) is 0.464. The molecule has 0 saturated heterocycles. The van der Waals surface area contributed by atoms with Crippen LogP contribution >= 0.6 is 22.9 Å². The fourth-order valence-electron chi connectivity index (χ4n) is 2.15. The predicted octanol–water partition coefficient (Wildman–Crippen LogP) is 3.67. The van der Waals surface area contributed by atoms with Crippen molar-refractivity contribution in [3.05, 3.63) is 39.9 Å². The zero-order chi connectivity index (χ0) is 17.3. The van der Waals surface area contributed by atoms with Gasteiger partial charge >= 0.3 is 0 Å². The van der Waals surface area contributed by atoms with Gasteiger partial charge in [-0.3, -0.25) is 4.79 Å². The first-order valence-corrected chi connectivity index (χ1v) is 8.59. The van der Waals surface area contributed by atoms with Crippen LogP contribution in [0.1, 0.15) is 37.0 Å². The third kappa shape index (κ3) is 3.54. The molecule has 24 heavy (non-hydrogen) atoms. The summed E-state index contributed by atoms with van der Waals surface area (Å²) in [4.78, 5) is 12.7. The Morgan fingerprint density at radius 1 is 1.42 bits per heavy atom. The van der Waals surface area contributed by atoms with Crippen LogP contribution in [0.4, 0.5) is 10.1 Å². The van der Waals surface area contributed by atoms with E-state index in [0.717, 1.165) is 15.8 Å². The van der Waals surface area contributed by atoms with E-state index in [1.165, 1.54) is 29.5 Å². The Labute approximate surface area is 146 Å². The van der Waals surface area contributed by atoms with Crippen molar-refractivity contribution in [2.24, 2.45) is 0 Å². The third-order valence-corrected chi connectivity index (χ3v) is 4.59. The molecule has 126 valence electrons. The minimum absolute atomic E-state index is 0.0253. The Morgan fingerprint density at radius 3 is 2.92 bits per heavy atom. The number of carbonyl (C=O) groups is 1. The first-order chi connectivity index (χ1) is 11.4. The number of halogens is 2. The van der Waals surface area contributed by atoms with Crippen molar-refractivity contribution in [2.45, 2.75) is 32.6 Å². The number of amides is 1. The lowest BCUT2D eigenvalue weighted by molar-refractivity contribution is -0.116. The number of fused-ring (bicyclic) bond motifs is 1. The molecule has 0 aliphatic rings. The molecule has 0 aliphatic carbocycles. The molecule has 1 aromatic carbocycles. The van der Waals surface area contributed by atoms with E-state index in [4.69, 9.17) is 11.6 Å². The summed E-state index contributed by atoms with van der Waals surface area (Å²) in [5.74, 6) is 0.322. The van der Waals surface area contributed by atoms with Gasteiger partial charge in [0.1, 0.15) is 10.8 Å². The molecule has 0 spiro atoms. The maximum Gasteiger partial charge on any atom is 0.234 e. The lowest BCUT2D eigenvalue weighted by Gasteiger charge is -2.05. The molecule has 3 aromatic rings. The highest BCUT2D eigenvalue weighted by atomic mass is 35.5. The van der Waals surface area contributed by atoms with E-state index in [2.05, 4.69) is 20.6 Å². The van der Waals surface area contributed by atoms with Gasteiger partial charge in [0.15, 0.2) is 5.82 Å². The second kappa shape index (κ2) is 6.82. The van der Waals surface area contributed by atoms with Gasteiger partial charge in [-0.2, -0.15) is 9.61 Å². The van der Waals surface area contributed by atoms with Crippen LogP contribution in [0.2, 0.25) is 5.02 Å². The minimum Gasteiger partial charge on any atom is -0.326 e. The van der Waals surface area contributed by atoms with E-state index in [9.17, 15) is 9.18 Å². The maximum atomic E-state index is 13.1. The zero-order valence-electron chi connectivity index (χ0n) is 13.1. The van der Waals surface area contributed by atoms with Gasteiger partial charge in [-0.05, 0) is 18.2 Å². The van der Waals surface area contributed by atoms with Gasteiger partial charge in [0.25, 0.3) is 0 Å². The Hall–Kier alpha value is -2.06. The van der Waals surface area contributed by atoms with Gasteiger partial charge in [-0.1, -0.05) is 36.8 Å². The summed E-state index contributed by atoms with van der Waals surface area (Å²) in [6.07, 6.45) is 0.752. The lowest BCUT2D eigenvalue weighted by atomic mass is 10.2. The summed E-state index contributed by atoms with van der Waals surface area (Å²) in [6.45, 7) is 4.05. The first kappa shape index (κ1) is 16.8. The highest BCUT2D eigenvalue weighted by Crippen LogP contribution is 2.21. The van der Waals surface area contributed by atoms with Crippen molar-refractivity contribution in [3.63, 3.8) is 0 Å². The highest BCUT2D eigenvalue weighted by Gasteiger charge is 2.15. The lowest BCUT2D eigenvalue weighted by Crippen LogP contribution is -2.12. The van der Waals surface area contributed by atoms with E-state index in [-0.39, 0.29) is 23.3 Å². The second-order valence-corrected chi connectivity index (χ2v) is 7.03. The Morgan fingerprint density at radius 2 is 2.21 bits per heavy atom. The fraction of sp³-hybridized carbons (Fsp3) is 0.333. The van der Waals surface area contributed by atoms with Crippen LogP contribution in [-0.4, -0.2) is 25.7 Å². The molecule has 2 heterocycles. The van der Waals surface area contributed by atoms with Gasteiger partial charge < -0.3 is 5.32 Å². The Bertz CT molecular complexity index is 891. The van der Waals surface area contributed by atoms with Crippen LogP contribution in [0.15, 0.2) is 18.2 Å². The molecule has 0 aliphatic heterocycles. The molecular formula is C15H15ClFN5OS. The van der Waals surface area contributed by atoms with Crippen LogP contribution in [0.25, 0.3) is 4.96 Å². The van der Waals surface area contributed by atoms with Crippen LogP contribution in [0, 0.1) is 5.82 Å². The predicted molar refractivity (Wildman–Crippen MR) is 91.1 cm³/mol. The van der Waals surface area contributed by atoms with Crippen molar-refractivity contribution in [1.82, 2.24) is 19.8 Å². The normalized spacial score (nSPS) is 11.4. The number of carbonyl (C=O) groups excluding carboxylic acids is 1. The maximum absolute atomic E-state index is 13.1. The molecule has 0 atom stereocenters. The number of nitrogens with zero attached hydrogens (tertiary/aromatic N) is 4. The number of hydrogen-bond donors (Lipinski definition) is 1. The second-order valence-electron chi connectivity index (χ2n) is 5.58. The summed E-state index contributed by atoms with van der Waals surface area (Å²) in [7, 11) is 0. The average Bonchev–Trinajstić information content (AvgIpc) is 3.08. The quantitative estimate of drug-likeness (QED) is 0.746. The minimum atomic E-state index is -0.518. The van der Waals surface area contributed by atoms with E-state index < -0.39 is 5.82 Å². The molecular weight excluding hydrogens is 353 g/mol. The topological polar surface area (TPSA) is 72.2 Å². The molecule has 0 bridgehead atoms. The number of anilines is 1. The van der Waals surface area contributed by atoms with E-state index in [1.807, 2.05) is 13.8 Å². The summed E-state index contributed by atoms with van der Waals surface area (Å²) < 4.78 is 14.8. The van der Waals surface area contributed by atoms with Crippen LogP contribution in [0.5, 0.6) is 0 Å². The van der Waals surface area contributed by atoms with Crippen LogP contribution in [0.3, 0.4) is 0 Å². The summed E-state index contributed by atoms with van der Waals surface area (Å²) >= 11 is 7.11. The molecule has 1 amide bonds. The Balaban J connectivity index is 1.62. The van der Waals surface area contributed by atoms with Crippen molar-refractivity contribution in [1.29, 1.82) is 0 Å². The molecule has 6 nitrogen and oxygen atoms in total. The molecule has 3 rings (SSSR count). The Kier molecular flexibility index (Phi) is 4.77. The molecule has 1 N–H and O–H groups in total. The van der Waals surface area contributed by atoms with Gasteiger partial charge in [0.2, 0.25) is 10.9 Å². The number of aromatic nitrogens is 4. The summed E-state index contributed by atoms with van der Waals surface area (Å²) in [6, 6.07) is 4.07. The van der Waals surface area contributed by atoms with Crippen molar-refractivity contribution < 1.29 is 9.18 Å². The van der Waals surface area contributed by atoms with Crippen molar-refractivity contribution in [3.8, 4) is 0 Å². The number of rotatable bonds is 5. The van der Waals surface area contributed by atoms with E-state index in [1.54, 1.807) is 4.52 Å². The molecule has 0 fully saturated rings. The van der Waals surface area contributed by atoms with Crippen molar-refractivity contribution in [2.75, 3.05) is 5.32 Å². The zero-order valence-corrected chi connectivity index (χ0v) is 14.7. The molecule has 0 saturated carbocycles. The molecule has 2 aromatic heterocycles. The summed E-state index contributed by atoms with van der Waals surface area (Å²) in [5, 5.41) is 16.1. The molecule has 9 heteroatoms. The van der Waals surface area contributed by atoms with Crippen LogP contribution in [-0.2, 0) is 11.2 Å². The number of hydrogen-bond acceptors (Lipinski definition) is 5. The number of nitrogens with one attached hydrogen (secondary N) is 1. The van der Waals surface area contributed by atoms with Gasteiger partial charge in [-0.25, -0.2) is 4.39 Å².